The average molecular weight is 347 g/mol. The lowest BCUT2D eigenvalue weighted by Gasteiger charge is -2.11. The molecule has 8 heteroatoms. The Kier molecular flexibility index (Phi) is 3.73. The number of aliphatic hydroxyl groups is 1. The Morgan fingerprint density at radius 2 is 2.06 bits per heavy atom. The van der Waals surface area contributed by atoms with Crippen molar-refractivity contribution in [3.63, 3.8) is 0 Å². The van der Waals surface area contributed by atoms with Crippen molar-refractivity contribution >= 4 is 28.6 Å². The van der Waals surface area contributed by atoms with Gasteiger partial charge >= 0.3 is 12.1 Å². The van der Waals surface area contributed by atoms with E-state index in [2.05, 4.69) is 4.98 Å². The van der Waals surface area contributed by atoms with Crippen LogP contribution in [0.4, 0.5) is 13.2 Å². The summed E-state index contributed by atoms with van der Waals surface area (Å²) in [5.74, 6) is -1.63. The van der Waals surface area contributed by atoms with Crippen LogP contribution in [0, 0.1) is 3.70 Å². The van der Waals surface area contributed by atoms with Gasteiger partial charge in [-0.3, -0.25) is 0 Å². The molecule has 1 heterocycles. The molecule has 0 amide bonds. The standard InChI is InChI=1S/C8H5F3INO3/c9-8(10,11)3-1-4(5(14)7(15)16)6(12)13-2-3/h1-2,5,14H,(H,15,16). The predicted molar refractivity (Wildman–Crippen MR) is 54.6 cm³/mol. The Balaban J connectivity index is 3.24. The van der Waals surface area contributed by atoms with Gasteiger partial charge in [-0.1, -0.05) is 0 Å². The molecule has 0 spiro atoms. The number of nitrogens with zero attached hydrogens (tertiary/aromatic N) is 1. The lowest BCUT2D eigenvalue weighted by Crippen LogP contribution is -2.15. The van der Waals surface area contributed by atoms with Gasteiger partial charge in [0.15, 0.2) is 6.10 Å². The zero-order valence-electron chi connectivity index (χ0n) is 7.49. The van der Waals surface area contributed by atoms with Crippen LogP contribution >= 0.6 is 22.6 Å². The molecule has 0 saturated carbocycles. The fourth-order valence-electron chi connectivity index (χ4n) is 0.945. The van der Waals surface area contributed by atoms with Gasteiger partial charge < -0.3 is 10.2 Å². The van der Waals surface area contributed by atoms with E-state index in [1.54, 1.807) is 22.6 Å². The first-order valence-electron chi connectivity index (χ1n) is 3.87. The first kappa shape index (κ1) is 13.2. The van der Waals surface area contributed by atoms with Crippen molar-refractivity contribution in [2.75, 3.05) is 0 Å². The van der Waals surface area contributed by atoms with Crippen LogP contribution in [0.1, 0.15) is 17.2 Å². The number of alkyl halides is 3. The Bertz CT molecular complexity index is 421. The number of hydrogen-bond acceptors (Lipinski definition) is 3. The fraction of sp³-hybridized carbons (Fsp3) is 0.250. The van der Waals surface area contributed by atoms with Crippen molar-refractivity contribution in [2.24, 2.45) is 0 Å². The number of aliphatic hydroxyl groups excluding tert-OH is 1. The van der Waals surface area contributed by atoms with Gasteiger partial charge in [-0.15, -0.1) is 0 Å². The van der Waals surface area contributed by atoms with E-state index in [0.717, 1.165) is 0 Å². The first-order chi connectivity index (χ1) is 7.23. The molecule has 0 radical (unpaired) electrons. The molecule has 1 atom stereocenters. The quantitative estimate of drug-likeness (QED) is 0.633. The molecule has 1 aromatic rings. The summed E-state index contributed by atoms with van der Waals surface area (Å²) in [5.41, 5.74) is -1.47. The van der Waals surface area contributed by atoms with Crippen LogP contribution in [0.3, 0.4) is 0 Å². The largest absolute Gasteiger partial charge is 0.479 e. The molecule has 0 aliphatic heterocycles. The van der Waals surface area contributed by atoms with E-state index in [1.165, 1.54) is 0 Å². The van der Waals surface area contributed by atoms with Crippen molar-refractivity contribution in [3.8, 4) is 0 Å². The van der Waals surface area contributed by atoms with Crippen LogP contribution in [0.25, 0.3) is 0 Å². The van der Waals surface area contributed by atoms with E-state index in [-0.39, 0.29) is 9.26 Å². The van der Waals surface area contributed by atoms with Gasteiger partial charge in [0.25, 0.3) is 0 Å². The maximum absolute atomic E-state index is 12.3. The Morgan fingerprint density at radius 3 is 2.50 bits per heavy atom. The normalized spacial score (nSPS) is 13.6. The summed E-state index contributed by atoms with van der Waals surface area (Å²) in [6.45, 7) is 0. The number of halogens is 4. The van der Waals surface area contributed by atoms with Crippen molar-refractivity contribution < 1.29 is 28.2 Å². The maximum Gasteiger partial charge on any atom is 0.417 e. The summed E-state index contributed by atoms with van der Waals surface area (Å²) in [5, 5.41) is 17.6. The Labute approximate surface area is 101 Å². The molecule has 0 aliphatic carbocycles. The molecular formula is C8H5F3INO3. The first-order valence-corrected chi connectivity index (χ1v) is 4.95. The lowest BCUT2D eigenvalue weighted by molar-refractivity contribution is -0.147. The zero-order chi connectivity index (χ0) is 12.5. The number of rotatable bonds is 2. The third-order valence-corrected chi connectivity index (χ3v) is 2.62. The van der Waals surface area contributed by atoms with Crippen molar-refractivity contribution in [3.05, 3.63) is 27.1 Å². The minimum absolute atomic E-state index is 0.0144. The van der Waals surface area contributed by atoms with E-state index in [1.807, 2.05) is 0 Å². The molecule has 0 fully saturated rings. The maximum atomic E-state index is 12.3. The van der Waals surface area contributed by atoms with Gasteiger partial charge in [0.1, 0.15) is 3.70 Å². The van der Waals surface area contributed by atoms with E-state index < -0.39 is 23.8 Å². The molecule has 16 heavy (non-hydrogen) atoms. The van der Waals surface area contributed by atoms with Crippen molar-refractivity contribution in [2.45, 2.75) is 12.3 Å². The fourth-order valence-corrected chi connectivity index (χ4v) is 1.53. The van der Waals surface area contributed by atoms with Crippen molar-refractivity contribution in [1.82, 2.24) is 4.98 Å². The van der Waals surface area contributed by atoms with Gasteiger partial charge in [-0.2, -0.15) is 13.2 Å². The summed E-state index contributed by atoms with van der Waals surface area (Å²) in [7, 11) is 0. The number of carboxylic acid groups (broad SMARTS) is 1. The second-order valence-corrected chi connectivity index (χ2v) is 3.86. The van der Waals surface area contributed by atoms with Gasteiger partial charge in [-0.05, 0) is 28.7 Å². The molecule has 4 nitrogen and oxygen atoms in total. The molecular weight excluding hydrogens is 342 g/mol. The molecule has 1 rings (SSSR count). The van der Waals surface area contributed by atoms with Gasteiger partial charge in [0.2, 0.25) is 0 Å². The summed E-state index contributed by atoms with van der Waals surface area (Å²) < 4.78 is 36.9. The Hall–Kier alpha value is -0.900. The zero-order valence-corrected chi connectivity index (χ0v) is 9.65. The summed E-state index contributed by atoms with van der Waals surface area (Å²) in [6.07, 6.45) is -6.05. The number of aromatic nitrogens is 1. The smallest absolute Gasteiger partial charge is 0.417 e. The van der Waals surface area contributed by atoms with Gasteiger partial charge in [-0.25, -0.2) is 9.78 Å². The van der Waals surface area contributed by atoms with E-state index in [0.29, 0.717) is 12.3 Å². The number of pyridine rings is 1. The van der Waals surface area contributed by atoms with Crippen LogP contribution in [0.5, 0.6) is 0 Å². The highest BCUT2D eigenvalue weighted by Crippen LogP contribution is 2.31. The van der Waals surface area contributed by atoms with E-state index >= 15 is 0 Å². The highest BCUT2D eigenvalue weighted by molar-refractivity contribution is 14.1. The molecule has 0 aliphatic rings. The number of aliphatic carboxylic acids is 1. The average Bonchev–Trinajstić information content (AvgIpc) is 2.15. The van der Waals surface area contributed by atoms with Crippen molar-refractivity contribution in [1.29, 1.82) is 0 Å². The van der Waals surface area contributed by atoms with Crippen LogP contribution < -0.4 is 0 Å². The topological polar surface area (TPSA) is 70.4 Å². The third-order valence-electron chi connectivity index (χ3n) is 1.72. The minimum Gasteiger partial charge on any atom is -0.479 e. The minimum atomic E-state index is -4.62. The molecule has 2 N–H and O–H groups in total. The summed E-state index contributed by atoms with van der Waals surface area (Å²) >= 11 is 1.55. The number of hydrogen-bond donors (Lipinski definition) is 2. The van der Waals surface area contributed by atoms with E-state index in [9.17, 15) is 18.0 Å². The predicted octanol–water partition coefficient (Wildman–Crippen LogP) is 1.82. The summed E-state index contributed by atoms with van der Waals surface area (Å²) in [4.78, 5) is 13.8. The molecule has 0 saturated heterocycles. The number of carboxylic acids is 1. The van der Waals surface area contributed by atoms with Crippen LogP contribution in [0.15, 0.2) is 12.3 Å². The molecule has 0 bridgehead atoms. The molecule has 1 aromatic heterocycles. The van der Waals surface area contributed by atoms with Gasteiger partial charge in [0, 0.05) is 11.8 Å². The van der Waals surface area contributed by atoms with Crippen LogP contribution in [-0.4, -0.2) is 21.2 Å². The molecule has 0 aromatic carbocycles. The SMILES string of the molecule is O=C(O)C(O)c1cc(C(F)(F)F)cnc1I. The molecule has 88 valence electrons. The number of carbonyl (C=O) groups is 1. The summed E-state index contributed by atoms with van der Waals surface area (Å²) in [6, 6.07) is 0.577. The third kappa shape index (κ3) is 2.82. The van der Waals surface area contributed by atoms with Crippen LogP contribution in [-0.2, 0) is 11.0 Å². The lowest BCUT2D eigenvalue weighted by atomic mass is 10.1. The Morgan fingerprint density at radius 1 is 1.50 bits per heavy atom. The second kappa shape index (κ2) is 4.53. The van der Waals surface area contributed by atoms with Crippen LogP contribution in [0.2, 0.25) is 0 Å². The second-order valence-electron chi connectivity index (χ2n) is 2.84. The highest BCUT2D eigenvalue weighted by atomic mass is 127. The van der Waals surface area contributed by atoms with Gasteiger partial charge in [0.05, 0.1) is 5.56 Å². The monoisotopic (exact) mass is 347 g/mol. The van der Waals surface area contributed by atoms with E-state index in [4.69, 9.17) is 10.2 Å². The molecule has 1 unspecified atom stereocenters. The highest BCUT2D eigenvalue weighted by Gasteiger charge is 2.33.